The molecule has 1 atom stereocenters. The van der Waals surface area contributed by atoms with E-state index in [0.29, 0.717) is 12.6 Å². The zero-order chi connectivity index (χ0) is 9.10. The van der Waals surface area contributed by atoms with Crippen molar-refractivity contribution in [3.8, 4) is 5.97 Å². The van der Waals surface area contributed by atoms with Gasteiger partial charge in [0, 0.05) is 5.97 Å². The van der Waals surface area contributed by atoms with Crippen LogP contribution in [0.1, 0.15) is 17.9 Å². The Hall–Kier alpha value is -1.23. The summed E-state index contributed by atoms with van der Waals surface area (Å²) in [6.07, 6.45) is 3.32. The van der Waals surface area contributed by atoms with Crippen molar-refractivity contribution < 1.29 is 0 Å². The molecule has 0 saturated carbocycles. The third-order valence-corrected chi connectivity index (χ3v) is 2.89. The second-order valence-electron chi connectivity index (χ2n) is 3.75. The van der Waals surface area contributed by atoms with Crippen LogP contribution in [-0.2, 0) is 0 Å². The largest absolute Gasteiger partial charge is 0.268 e. The molecule has 1 aromatic carbocycles. The van der Waals surface area contributed by atoms with Gasteiger partial charge < -0.3 is 0 Å². The maximum Gasteiger partial charge on any atom is 0.268 e. The molecule has 1 aromatic rings. The molecule has 1 aliphatic rings. The molecule has 0 aliphatic carbocycles. The fourth-order valence-corrected chi connectivity index (χ4v) is 2.13. The molecule has 0 N–H and O–H groups in total. The topological polar surface area (TPSA) is 23.8 Å². The van der Waals surface area contributed by atoms with E-state index in [1.807, 2.05) is 6.07 Å². The van der Waals surface area contributed by atoms with Crippen LogP contribution in [0.5, 0.6) is 0 Å². The average Bonchev–Trinajstić information content (AvgIpc) is 2.67. The Morgan fingerprint density at radius 1 is 1.31 bits per heavy atom. The molecule has 1 aliphatic heterocycles. The molecule has 0 radical (unpaired) electrons. The first-order chi connectivity index (χ1) is 6.40. The first kappa shape index (κ1) is 8.38. The zero-order valence-corrected chi connectivity index (χ0v) is 7.61. The summed E-state index contributed by atoms with van der Waals surface area (Å²) < 4.78 is 0. The van der Waals surface area contributed by atoms with Gasteiger partial charge in [0.25, 0.3) is 6.71 Å². The van der Waals surface area contributed by atoms with Gasteiger partial charge in [0.05, 0.1) is 0 Å². The van der Waals surface area contributed by atoms with Crippen molar-refractivity contribution in [3.63, 3.8) is 0 Å². The number of nitrogens with zero attached hydrogens (tertiary/aromatic N) is 1. The summed E-state index contributed by atoms with van der Waals surface area (Å²) in [7, 11) is 0. The predicted molar refractivity (Wildman–Crippen MR) is 54.8 cm³/mol. The summed E-state index contributed by atoms with van der Waals surface area (Å²) in [5.41, 5.74) is 1.40. The molecular formula is C11H12BN. The molecule has 2 heteroatoms. The van der Waals surface area contributed by atoms with Crippen LogP contribution in [0.3, 0.4) is 0 Å². The second kappa shape index (κ2) is 3.66. The third kappa shape index (κ3) is 1.75. The molecular weight excluding hydrogens is 157 g/mol. The monoisotopic (exact) mass is 169 g/mol. The molecule has 0 aromatic heterocycles. The van der Waals surface area contributed by atoms with Crippen LogP contribution in [-0.4, -0.2) is 6.71 Å². The van der Waals surface area contributed by atoms with Gasteiger partial charge in [0.15, 0.2) is 0 Å². The maximum absolute atomic E-state index is 8.78. The van der Waals surface area contributed by atoms with E-state index in [1.165, 1.54) is 12.0 Å². The quantitative estimate of drug-likeness (QED) is 0.593. The van der Waals surface area contributed by atoms with Crippen molar-refractivity contribution in [3.05, 3.63) is 35.9 Å². The van der Waals surface area contributed by atoms with E-state index < -0.39 is 0 Å². The van der Waals surface area contributed by atoms with Gasteiger partial charge in [0.2, 0.25) is 0 Å². The molecule has 1 unspecified atom stereocenters. The highest BCUT2D eigenvalue weighted by Gasteiger charge is 2.28. The van der Waals surface area contributed by atoms with E-state index in [-0.39, 0.29) is 0 Å². The van der Waals surface area contributed by atoms with Gasteiger partial charge in [-0.05, 0) is 11.5 Å². The summed E-state index contributed by atoms with van der Waals surface area (Å²) in [5.74, 6) is 2.99. The van der Waals surface area contributed by atoms with Gasteiger partial charge in [-0.2, -0.15) is 0 Å². The highest BCUT2D eigenvalue weighted by molar-refractivity contribution is 6.67. The van der Waals surface area contributed by atoms with Crippen LogP contribution in [0.4, 0.5) is 0 Å². The maximum atomic E-state index is 8.78. The Bertz CT molecular complexity index is 315. The lowest BCUT2D eigenvalue weighted by molar-refractivity contribution is 0.771. The van der Waals surface area contributed by atoms with Crippen LogP contribution in [0, 0.1) is 11.2 Å². The fraction of sp³-hybridized carbons (Fsp3) is 0.364. The molecule has 0 spiro atoms. The zero-order valence-electron chi connectivity index (χ0n) is 7.61. The smallest absolute Gasteiger partial charge is 0.213 e. The van der Waals surface area contributed by atoms with Crippen molar-refractivity contribution in [2.75, 3.05) is 0 Å². The van der Waals surface area contributed by atoms with Gasteiger partial charge >= 0.3 is 0 Å². The molecule has 1 saturated heterocycles. The van der Waals surface area contributed by atoms with Crippen molar-refractivity contribution in [1.29, 1.82) is 5.26 Å². The lowest BCUT2D eigenvalue weighted by Gasteiger charge is -2.08. The van der Waals surface area contributed by atoms with E-state index in [1.54, 1.807) is 0 Å². The minimum Gasteiger partial charge on any atom is -0.213 e. The minimum atomic E-state index is 0.296. The van der Waals surface area contributed by atoms with Gasteiger partial charge in [-0.25, -0.2) is 5.26 Å². The number of nitriles is 1. The highest BCUT2D eigenvalue weighted by Crippen LogP contribution is 2.34. The first-order valence-corrected chi connectivity index (χ1v) is 4.84. The molecule has 0 amide bonds. The Morgan fingerprint density at radius 3 is 2.69 bits per heavy atom. The average molecular weight is 169 g/mol. The number of rotatable bonds is 1. The molecule has 1 heterocycles. The summed E-state index contributed by atoms with van der Waals surface area (Å²) >= 11 is 0. The summed E-state index contributed by atoms with van der Waals surface area (Å²) in [6.45, 7) is 0.296. The standard InChI is InChI=1S/C11H12BN/c13-9-12-7-6-11(8-12)10-4-2-1-3-5-10/h1-5,11H,6-8H2. The SMILES string of the molecule is N#CB1CCC(c2ccccc2)C1. The van der Waals surface area contributed by atoms with Crippen LogP contribution < -0.4 is 0 Å². The number of hydrogen-bond acceptors (Lipinski definition) is 1. The van der Waals surface area contributed by atoms with E-state index in [0.717, 1.165) is 12.6 Å². The van der Waals surface area contributed by atoms with Crippen LogP contribution >= 0.6 is 0 Å². The lowest BCUT2D eigenvalue weighted by atomic mass is 9.50. The van der Waals surface area contributed by atoms with E-state index >= 15 is 0 Å². The van der Waals surface area contributed by atoms with Crippen molar-refractivity contribution in [2.24, 2.45) is 0 Å². The third-order valence-electron chi connectivity index (χ3n) is 2.89. The molecule has 64 valence electrons. The van der Waals surface area contributed by atoms with Crippen LogP contribution in [0.2, 0.25) is 12.6 Å². The van der Waals surface area contributed by atoms with E-state index in [2.05, 4.69) is 30.2 Å². The Labute approximate surface area is 79.5 Å². The lowest BCUT2D eigenvalue weighted by Crippen LogP contribution is -2.02. The number of benzene rings is 1. The fourth-order valence-electron chi connectivity index (χ4n) is 2.13. The molecule has 2 rings (SSSR count). The Kier molecular flexibility index (Phi) is 2.36. The highest BCUT2D eigenvalue weighted by atomic mass is 14.2. The second-order valence-corrected chi connectivity index (χ2v) is 3.75. The normalized spacial score (nSPS) is 21.5. The molecule has 1 nitrogen and oxygen atoms in total. The number of hydrogen-bond donors (Lipinski definition) is 0. The van der Waals surface area contributed by atoms with Gasteiger partial charge in [-0.1, -0.05) is 49.4 Å². The van der Waals surface area contributed by atoms with Crippen molar-refractivity contribution in [1.82, 2.24) is 0 Å². The minimum absolute atomic E-state index is 0.296. The van der Waals surface area contributed by atoms with Gasteiger partial charge in [0.1, 0.15) is 0 Å². The molecule has 0 bridgehead atoms. The summed E-state index contributed by atoms with van der Waals surface area (Å²) in [5, 5.41) is 8.78. The molecule has 13 heavy (non-hydrogen) atoms. The van der Waals surface area contributed by atoms with Gasteiger partial charge in [-0.15, -0.1) is 0 Å². The Morgan fingerprint density at radius 2 is 2.08 bits per heavy atom. The first-order valence-electron chi connectivity index (χ1n) is 4.84. The summed E-state index contributed by atoms with van der Waals surface area (Å²) in [4.78, 5) is 0. The van der Waals surface area contributed by atoms with Gasteiger partial charge in [-0.3, -0.25) is 0 Å². The Balaban J connectivity index is 2.09. The van der Waals surface area contributed by atoms with Crippen molar-refractivity contribution in [2.45, 2.75) is 25.0 Å². The van der Waals surface area contributed by atoms with Crippen LogP contribution in [0.25, 0.3) is 0 Å². The van der Waals surface area contributed by atoms with Crippen molar-refractivity contribution >= 4 is 6.71 Å². The molecule has 1 fully saturated rings. The van der Waals surface area contributed by atoms with E-state index in [9.17, 15) is 0 Å². The summed E-state index contributed by atoms with van der Waals surface area (Å²) in [6, 6.07) is 10.5. The predicted octanol–water partition coefficient (Wildman–Crippen LogP) is 2.73. The van der Waals surface area contributed by atoms with E-state index in [4.69, 9.17) is 5.26 Å². The van der Waals surface area contributed by atoms with Crippen LogP contribution in [0.15, 0.2) is 30.3 Å².